The minimum Gasteiger partial charge on any atom is -0.351 e. The highest BCUT2D eigenvalue weighted by Crippen LogP contribution is 3.02. The van der Waals surface area contributed by atoms with Crippen molar-refractivity contribution in [2.24, 2.45) is 5.41 Å². The van der Waals surface area contributed by atoms with Crippen molar-refractivity contribution in [3.8, 4) is 0 Å². The van der Waals surface area contributed by atoms with Crippen LogP contribution in [0, 0.1) is 11.2 Å². The van der Waals surface area contributed by atoms with E-state index in [0.29, 0.717) is 25.1 Å². The molecule has 0 bridgehead atoms. The zero-order chi connectivity index (χ0) is 30.5. The highest BCUT2D eigenvalue weighted by Gasteiger charge is 2.65. The van der Waals surface area contributed by atoms with Crippen molar-refractivity contribution in [1.82, 2.24) is 15.6 Å². The maximum Gasteiger partial charge on any atom is 0.310 e. The fraction of sp³-hybridized carbons (Fsp3) is 0.500. The Morgan fingerprint density at radius 3 is 2.15 bits per heavy atom. The second-order valence-electron chi connectivity index (χ2n) is 11.3. The van der Waals surface area contributed by atoms with Gasteiger partial charge in [-0.05, 0) is 61.6 Å². The Morgan fingerprint density at radius 2 is 1.63 bits per heavy atom. The van der Waals surface area contributed by atoms with E-state index < -0.39 is 75.1 Å². The van der Waals surface area contributed by atoms with Gasteiger partial charge in [-0.3, -0.25) is 19.5 Å². The summed E-state index contributed by atoms with van der Waals surface area (Å²) in [5, 5.41) is 5.61. The Kier molecular flexibility index (Phi) is 7.42. The van der Waals surface area contributed by atoms with Gasteiger partial charge in [0.15, 0.2) is 0 Å². The van der Waals surface area contributed by atoms with Gasteiger partial charge in [-0.15, -0.1) is 0 Å². The van der Waals surface area contributed by atoms with Crippen molar-refractivity contribution in [2.45, 2.75) is 74.9 Å². The average molecular weight is 615 g/mol. The number of benzene rings is 1. The SMILES string of the molecule is CC1(C)CCNC1C(=O)N(c1ccc(S(F)(F)(F)(F)F)cc1)C(C(=O)NC1CCC(F)(F)CC1)c1cncc(F)c1. The summed E-state index contributed by atoms with van der Waals surface area (Å²) in [5.74, 6) is -5.50. The van der Waals surface area contributed by atoms with Gasteiger partial charge in [0.25, 0.3) is 0 Å². The molecule has 2 heterocycles. The lowest BCUT2D eigenvalue weighted by Gasteiger charge is -2.41. The molecule has 1 saturated carbocycles. The quantitative estimate of drug-likeness (QED) is 0.329. The van der Waals surface area contributed by atoms with Gasteiger partial charge in [0.05, 0.1) is 12.2 Å². The van der Waals surface area contributed by atoms with E-state index in [1.807, 2.05) is 0 Å². The van der Waals surface area contributed by atoms with Crippen LogP contribution >= 0.6 is 10.2 Å². The normalized spacial score (nSPS) is 23.2. The molecule has 2 aliphatic rings. The van der Waals surface area contributed by atoms with Crippen molar-refractivity contribution in [1.29, 1.82) is 0 Å². The molecule has 2 atom stereocenters. The number of pyridine rings is 1. The van der Waals surface area contributed by atoms with Gasteiger partial charge in [-0.2, -0.15) is 0 Å². The third-order valence-electron chi connectivity index (χ3n) is 7.56. The summed E-state index contributed by atoms with van der Waals surface area (Å²) in [7, 11) is -10.1. The first-order valence-corrected chi connectivity index (χ1v) is 14.8. The number of alkyl halides is 2. The Bertz CT molecular complexity index is 1310. The molecule has 15 heteroatoms. The first-order chi connectivity index (χ1) is 18.7. The molecule has 6 nitrogen and oxygen atoms in total. The molecule has 1 aliphatic heterocycles. The topological polar surface area (TPSA) is 74.3 Å². The molecule has 2 aromatic rings. The third-order valence-corrected chi connectivity index (χ3v) is 8.72. The third kappa shape index (κ3) is 7.11. The van der Waals surface area contributed by atoms with E-state index >= 15 is 0 Å². The second-order valence-corrected chi connectivity index (χ2v) is 13.7. The van der Waals surface area contributed by atoms with E-state index in [1.165, 1.54) is 0 Å². The van der Waals surface area contributed by atoms with Gasteiger partial charge in [-0.25, -0.2) is 13.2 Å². The summed E-state index contributed by atoms with van der Waals surface area (Å²) in [6, 6.07) is -0.982. The fourth-order valence-corrected chi connectivity index (χ4v) is 5.90. The number of nitrogens with one attached hydrogen (secondary N) is 2. The predicted octanol–water partition coefficient (Wildman–Crippen LogP) is 7.03. The minimum atomic E-state index is -10.1. The number of hydrogen-bond donors (Lipinski definition) is 2. The number of carbonyl (C=O) groups excluding carboxylic acids is 2. The van der Waals surface area contributed by atoms with Crippen LogP contribution in [0.1, 0.15) is 57.6 Å². The molecular formula is C26H30F8N4O2S. The molecule has 1 aromatic carbocycles. The van der Waals surface area contributed by atoms with Crippen molar-refractivity contribution in [2.75, 3.05) is 11.4 Å². The summed E-state index contributed by atoms with van der Waals surface area (Å²) in [6.07, 6.45) is 1.27. The van der Waals surface area contributed by atoms with Crippen LogP contribution in [-0.4, -0.2) is 41.3 Å². The summed E-state index contributed by atoms with van der Waals surface area (Å²) >= 11 is 0. The lowest BCUT2D eigenvalue weighted by atomic mass is 9.83. The first-order valence-electron chi connectivity index (χ1n) is 12.9. The van der Waals surface area contributed by atoms with E-state index in [4.69, 9.17) is 0 Å². The van der Waals surface area contributed by atoms with Crippen molar-refractivity contribution < 1.29 is 42.2 Å². The van der Waals surface area contributed by atoms with Crippen LogP contribution in [0.15, 0.2) is 47.6 Å². The Balaban J connectivity index is 1.81. The van der Waals surface area contributed by atoms with Crippen LogP contribution in [0.5, 0.6) is 0 Å². The Labute approximate surface area is 231 Å². The Morgan fingerprint density at radius 1 is 1.02 bits per heavy atom. The standard InChI is InChI=1S/C26H30F8N4O2S/c1-25(2)11-12-36-22(25)24(40)38(19-3-5-20(6-4-19)41(30,31,32,33)34)21(16-13-17(27)15-35-14-16)23(39)37-18-7-9-26(28,29)10-8-18/h3-6,13-15,18,21-22,36H,7-12H2,1-2H3,(H,37,39). The van der Waals surface area contributed by atoms with Crippen molar-refractivity contribution in [3.05, 3.63) is 54.1 Å². The molecule has 2 unspecified atom stereocenters. The number of halogens is 8. The van der Waals surface area contributed by atoms with Gasteiger partial charge in [0.1, 0.15) is 16.8 Å². The van der Waals surface area contributed by atoms with E-state index in [2.05, 4.69) is 15.6 Å². The maximum absolute atomic E-state index is 14.3. The molecule has 2 amide bonds. The number of aromatic nitrogens is 1. The first kappa shape index (κ1) is 31.0. The molecule has 2 fully saturated rings. The number of hydrogen-bond acceptors (Lipinski definition) is 4. The number of anilines is 1. The summed E-state index contributed by atoms with van der Waals surface area (Å²) < 4.78 is 109. The summed E-state index contributed by atoms with van der Waals surface area (Å²) in [6.45, 7) is 3.91. The van der Waals surface area contributed by atoms with Gasteiger partial charge in [-0.1, -0.05) is 33.3 Å². The molecule has 0 radical (unpaired) electrons. The zero-order valence-electron chi connectivity index (χ0n) is 22.2. The molecule has 2 N–H and O–H groups in total. The second kappa shape index (κ2) is 9.82. The average Bonchev–Trinajstić information content (AvgIpc) is 3.21. The minimum absolute atomic E-state index is 0.0867. The maximum atomic E-state index is 14.3. The lowest BCUT2D eigenvalue weighted by Crippen LogP contribution is -2.54. The molecular weight excluding hydrogens is 584 g/mol. The van der Waals surface area contributed by atoms with Gasteiger partial charge >= 0.3 is 10.2 Å². The molecule has 228 valence electrons. The zero-order valence-corrected chi connectivity index (χ0v) is 23.0. The molecule has 41 heavy (non-hydrogen) atoms. The fourth-order valence-electron chi connectivity index (χ4n) is 5.25. The van der Waals surface area contributed by atoms with E-state index in [9.17, 15) is 42.2 Å². The number of carbonyl (C=O) groups is 2. The predicted molar refractivity (Wildman–Crippen MR) is 138 cm³/mol. The Hall–Kier alpha value is -2.94. The highest BCUT2D eigenvalue weighted by atomic mass is 32.5. The molecule has 0 spiro atoms. The van der Waals surface area contributed by atoms with E-state index in [0.717, 1.165) is 23.4 Å². The van der Waals surface area contributed by atoms with E-state index in [1.54, 1.807) is 13.8 Å². The monoisotopic (exact) mass is 614 g/mol. The molecule has 1 saturated heterocycles. The molecule has 1 aliphatic carbocycles. The van der Waals surface area contributed by atoms with Crippen molar-refractivity contribution >= 4 is 27.7 Å². The van der Waals surface area contributed by atoms with Gasteiger partial charge < -0.3 is 10.6 Å². The van der Waals surface area contributed by atoms with E-state index in [-0.39, 0.29) is 36.2 Å². The highest BCUT2D eigenvalue weighted by molar-refractivity contribution is 8.45. The van der Waals surface area contributed by atoms with Crippen LogP contribution in [0.4, 0.5) is 38.3 Å². The van der Waals surface area contributed by atoms with Crippen LogP contribution in [0.25, 0.3) is 0 Å². The molecule has 1 aromatic heterocycles. The summed E-state index contributed by atoms with van der Waals surface area (Å²) in [4.78, 5) is 30.2. The van der Waals surface area contributed by atoms with Crippen LogP contribution in [0.3, 0.4) is 0 Å². The van der Waals surface area contributed by atoms with Crippen LogP contribution in [-0.2, 0) is 9.59 Å². The van der Waals surface area contributed by atoms with Crippen LogP contribution in [0.2, 0.25) is 0 Å². The number of nitrogens with zero attached hydrogens (tertiary/aromatic N) is 2. The van der Waals surface area contributed by atoms with Crippen LogP contribution < -0.4 is 15.5 Å². The van der Waals surface area contributed by atoms with Gasteiger partial charge in [0, 0.05) is 36.3 Å². The van der Waals surface area contributed by atoms with Gasteiger partial charge in [0.2, 0.25) is 17.7 Å². The number of rotatable bonds is 7. The molecule has 4 rings (SSSR count). The lowest BCUT2D eigenvalue weighted by molar-refractivity contribution is -0.129. The smallest absolute Gasteiger partial charge is 0.310 e. The largest absolute Gasteiger partial charge is 0.351 e. The number of amides is 2. The summed E-state index contributed by atoms with van der Waals surface area (Å²) in [5.41, 5.74) is -1.19. The van der Waals surface area contributed by atoms with Crippen molar-refractivity contribution in [3.63, 3.8) is 0 Å².